The van der Waals surface area contributed by atoms with Gasteiger partial charge in [0.15, 0.2) is 0 Å². The third kappa shape index (κ3) is 2.06. The highest BCUT2D eigenvalue weighted by atomic mass is 16.2. The predicted octanol–water partition coefficient (Wildman–Crippen LogP) is 1.99. The van der Waals surface area contributed by atoms with Crippen molar-refractivity contribution in [1.82, 2.24) is 9.80 Å². The number of carbonyl (C=O) groups is 2. The Balaban J connectivity index is 2.03. The first kappa shape index (κ1) is 11.4. The van der Waals surface area contributed by atoms with Crippen LogP contribution < -0.4 is 0 Å². The van der Waals surface area contributed by atoms with Crippen molar-refractivity contribution >= 4 is 11.9 Å². The van der Waals surface area contributed by atoms with E-state index in [1.54, 1.807) is 4.90 Å². The van der Waals surface area contributed by atoms with E-state index in [1.807, 2.05) is 6.92 Å². The molecule has 0 radical (unpaired) electrons. The van der Waals surface area contributed by atoms with Crippen LogP contribution in [0.4, 0.5) is 4.79 Å². The van der Waals surface area contributed by atoms with Gasteiger partial charge in [-0.15, -0.1) is 0 Å². The largest absolute Gasteiger partial charge is 0.327 e. The van der Waals surface area contributed by atoms with E-state index in [0.717, 1.165) is 32.1 Å². The van der Waals surface area contributed by atoms with E-state index < -0.39 is 0 Å². The number of nitrogens with zero attached hydrogens (tertiary/aromatic N) is 2. The fraction of sp³-hybridized carbons (Fsp3) is 0.833. The van der Waals surface area contributed by atoms with Crippen LogP contribution in [0, 0.1) is 0 Å². The summed E-state index contributed by atoms with van der Waals surface area (Å²) in [5.41, 5.74) is 0. The first-order valence-corrected chi connectivity index (χ1v) is 6.35. The standard InChI is InChI=1S/C12H20N2O2/c1-2-8-13-9-11(15)14(12(13)16)10-6-4-3-5-7-10/h10H,2-9H2,1H3. The molecule has 1 saturated heterocycles. The minimum atomic E-state index is -0.0567. The zero-order valence-electron chi connectivity index (χ0n) is 9.95. The lowest BCUT2D eigenvalue weighted by molar-refractivity contribution is -0.127. The summed E-state index contributed by atoms with van der Waals surface area (Å²) >= 11 is 0. The van der Waals surface area contributed by atoms with Gasteiger partial charge in [-0.05, 0) is 19.3 Å². The second-order valence-electron chi connectivity index (χ2n) is 4.76. The van der Waals surface area contributed by atoms with Gasteiger partial charge in [0, 0.05) is 12.6 Å². The zero-order chi connectivity index (χ0) is 11.5. The molecule has 2 rings (SSSR count). The van der Waals surface area contributed by atoms with Gasteiger partial charge >= 0.3 is 6.03 Å². The molecule has 1 heterocycles. The van der Waals surface area contributed by atoms with Crippen molar-refractivity contribution in [3.05, 3.63) is 0 Å². The van der Waals surface area contributed by atoms with Gasteiger partial charge in [-0.25, -0.2) is 4.79 Å². The molecule has 3 amide bonds. The second-order valence-corrected chi connectivity index (χ2v) is 4.76. The summed E-state index contributed by atoms with van der Waals surface area (Å²) in [6.45, 7) is 3.03. The van der Waals surface area contributed by atoms with Crippen LogP contribution in [0.2, 0.25) is 0 Å². The zero-order valence-corrected chi connectivity index (χ0v) is 9.95. The van der Waals surface area contributed by atoms with E-state index in [0.29, 0.717) is 13.1 Å². The second kappa shape index (κ2) is 4.85. The quantitative estimate of drug-likeness (QED) is 0.688. The number of rotatable bonds is 3. The molecular formula is C12H20N2O2. The van der Waals surface area contributed by atoms with E-state index in [4.69, 9.17) is 0 Å². The molecule has 0 spiro atoms. The van der Waals surface area contributed by atoms with E-state index >= 15 is 0 Å². The Kier molecular flexibility index (Phi) is 3.46. The molecule has 0 unspecified atom stereocenters. The van der Waals surface area contributed by atoms with Gasteiger partial charge in [0.25, 0.3) is 5.91 Å². The lowest BCUT2D eigenvalue weighted by Crippen LogP contribution is -2.42. The monoisotopic (exact) mass is 224 g/mol. The van der Waals surface area contributed by atoms with Gasteiger partial charge < -0.3 is 4.90 Å². The molecule has 2 aliphatic rings. The Hall–Kier alpha value is -1.06. The van der Waals surface area contributed by atoms with Crippen molar-refractivity contribution in [3.63, 3.8) is 0 Å². The Morgan fingerprint density at radius 1 is 1.19 bits per heavy atom. The summed E-state index contributed by atoms with van der Waals surface area (Å²) in [5, 5.41) is 0. The average molecular weight is 224 g/mol. The summed E-state index contributed by atoms with van der Waals surface area (Å²) in [6.07, 6.45) is 6.45. The van der Waals surface area contributed by atoms with Crippen molar-refractivity contribution in [1.29, 1.82) is 0 Å². The molecule has 0 N–H and O–H groups in total. The van der Waals surface area contributed by atoms with Crippen molar-refractivity contribution in [2.75, 3.05) is 13.1 Å². The van der Waals surface area contributed by atoms with Crippen LogP contribution in [0.15, 0.2) is 0 Å². The smallest absolute Gasteiger partial charge is 0.315 e. The van der Waals surface area contributed by atoms with Crippen molar-refractivity contribution in [2.45, 2.75) is 51.5 Å². The number of hydrogen-bond donors (Lipinski definition) is 0. The molecule has 1 saturated carbocycles. The summed E-state index contributed by atoms with van der Waals surface area (Å²) in [6, 6.07) is 0.120. The van der Waals surface area contributed by atoms with Gasteiger partial charge in [-0.3, -0.25) is 9.69 Å². The Morgan fingerprint density at radius 3 is 2.50 bits per heavy atom. The van der Waals surface area contributed by atoms with Crippen molar-refractivity contribution in [3.8, 4) is 0 Å². The van der Waals surface area contributed by atoms with Gasteiger partial charge in [0.1, 0.15) is 6.54 Å². The van der Waals surface area contributed by atoms with Gasteiger partial charge in [0.05, 0.1) is 0 Å². The number of carbonyl (C=O) groups excluding carboxylic acids is 2. The number of amides is 3. The highest BCUT2D eigenvalue weighted by Gasteiger charge is 2.39. The molecule has 4 heteroatoms. The van der Waals surface area contributed by atoms with Crippen LogP contribution in [-0.4, -0.2) is 40.9 Å². The third-order valence-corrected chi connectivity index (χ3v) is 3.50. The van der Waals surface area contributed by atoms with Crippen LogP contribution in [-0.2, 0) is 4.79 Å². The highest BCUT2D eigenvalue weighted by molar-refractivity contribution is 6.02. The first-order valence-electron chi connectivity index (χ1n) is 6.35. The minimum absolute atomic E-state index is 0.00495. The Labute approximate surface area is 96.6 Å². The number of hydrogen-bond acceptors (Lipinski definition) is 2. The van der Waals surface area contributed by atoms with Crippen LogP contribution >= 0.6 is 0 Å². The first-order chi connectivity index (χ1) is 7.74. The summed E-state index contributed by atoms with van der Waals surface area (Å²) in [7, 11) is 0. The van der Waals surface area contributed by atoms with Crippen molar-refractivity contribution < 1.29 is 9.59 Å². The maximum absolute atomic E-state index is 12.0. The van der Waals surface area contributed by atoms with Gasteiger partial charge in [-0.2, -0.15) is 0 Å². The average Bonchev–Trinajstić information content (AvgIpc) is 2.56. The SMILES string of the molecule is CCCN1CC(=O)N(C2CCCCC2)C1=O. The normalized spacial score (nSPS) is 23.3. The molecule has 2 fully saturated rings. The Bertz CT molecular complexity index is 285. The molecule has 16 heavy (non-hydrogen) atoms. The van der Waals surface area contributed by atoms with Crippen LogP contribution in [0.5, 0.6) is 0 Å². The number of urea groups is 1. The van der Waals surface area contributed by atoms with Gasteiger partial charge in [0.2, 0.25) is 0 Å². The molecule has 0 aromatic carbocycles. The summed E-state index contributed by atoms with van der Waals surface area (Å²) in [4.78, 5) is 27.1. The predicted molar refractivity (Wildman–Crippen MR) is 61.0 cm³/mol. The molecule has 0 bridgehead atoms. The fourth-order valence-corrected chi connectivity index (χ4v) is 2.71. The molecule has 1 aliphatic carbocycles. The van der Waals surface area contributed by atoms with Crippen LogP contribution in [0.25, 0.3) is 0 Å². The topological polar surface area (TPSA) is 40.6 Å². The van der Waals surface area contributed by atoms with Crippen molar-refractivity contribution in [2.24, 2.45) is 0 Å². The summed E-state index contributed by atoms with van der Waals surface area (Å²) in [5.74, 6) is 0.00495. The van der Waals surface area contributed by atoms with Crippen LogP contribution in [0.1, 0.15) is 45.4 Å². The fourth-order valence-electron chi connectivity index (χ4n) is 2.71. The maximum atomic E-state index is 12.0. The number of imide groups is 1. The maximum Gasteiger partial charge on any atom is 0.327 e. The molecule has 0 aromatic rings. The molecular weight excluding hydrogens is 204 g/mol. The van der Waals surface area contributed by atoms with E-state index in [9.17, 15) is 9.59 Å². The lowest BCUT2D eigenvalue weighted by atomic mass is 9.94. The van der Waals surface area contributed by atoms with E-state index in [1.165, 1.54) is 11.3 Å². The Morgan fingerprint density at radius 2 is 1.88 bits per heavy atom. The van der Waals surface area contributed by atoms with E-state index in [2.05, 4.69) is 0 Å². The van der Waals surface area contributed by atoms with Crippen LogP contribution in [0.3, 0.4) is 0 Å². The molecule has 4 nitrogen and oxygen atoms in total. The van der Waals surface area contributed by atoms with E-state index in [-0.39, 0.29) is 18.0 Å². The third-order valence-electron chi connectivity index (χ3n) is 3.50. The molecule has 0 atom stereocenters. The van der Waals surface area contributed by atoms with Gasteiger partial charge in [-0.1, -0.05) is 26.2 Å². The minimum Gasteiger partial charge on any atom is -0.315 e. The summed E-state index contributed by atoms with van der Waals surface area (Å²) < 4.78 is 0. The highest BCUT2D eigenvalue weighted by Crippen LogP contribution is 2.26. The lowest BCUT2D eigenvalue weighted by Gasteiger charge is -2.29. The molecule has 90 valence electrons. The molecule has 1 aliphatic heterocycles. The molecule has 0 aromatic heterocycles.